The number of non-ortho nitro benzene ring substituents is 1. The smallest absolute Gasteiger partial charge is 0.322 e. The number of carbonyl (C=O) groups is 1. The fourth-order valence-electron chi connectivity index (χ4n) is 2.79. The maximum Gasteiger partial charge on any atom is 0.322 e. The highest BCUT2D eigenvalue weighted by Crippen LogP contribution is 2.29. The predicted molar refractivity (Wildman–Crippen MR) is 113 cm³/mol. The highest BCUT2D eigenvalue weighted by atomic mass is 32.2. The molecule has 0 saturated heterocycles. The lowest BCUT2D eigenvalue weighted by atomic mass is 10.2. The molecule has 0 fully saturated rings. The van der Waals surface area contributed by atoms with Gasteiger partial charge in [0.1, 0.15) is 0 Å². The van der Waals surface area contributed by atoms with Crippen LogP contribution in [0.1, 0.15) is 15.6 Å². The number of hydrogen-bond acceptors (Lipinski definition) is 9. The molecule has 0 radical (unpaired) electrons. The second-order valence-corrected chi connectivity index (χ2v) is 9.62. The minimum absolute atomic E-state index is 0.00729. The molecule has 0 bridgehead atoms. The molecular weight excluding hydrogens is 444 g/mol. The monoisotopic (exact) mass is 458 g/mol. The number of thiophene rings is 1. The van der Waals surface area contributed by atoms with Crippen molar-refractivity contribution in [1.82, 2.24) is 10.2 Å². The highest BCUT2D eigenvalue weighted by molar-refractivity contribution is 7.91. The lowest BCUT2D eigenvalue weighted by Crippen LogP contribution is -2.10. The Balaban J connectivity index is 1.42. The third-order valence-electron chi connectivity index (χ3n) is 4.31. The van der Waals surface area contributed by atoms with Crippen LogP contribution in [0.3, 0.4) is 0 Å². The van der Waals surface area contributed by atoms with Gasteiger partial charge in [-0.15, -0.1) is 16.4 Å². The van der Waals surface area contributed by atoms with Crippen molar-refractivity contribution in [3.8, 4) is 0 Å². The van der Waals surface area contributed by atoms with Crippen LogP contribution < -0.4 is 5.32 Å². The minimum Gasteiger partial charge on any atom is -0.408 e. The number of aromatic nitrogens is 2. The number of carbonyl (C=O) groups excluding carboxylic acids is 1. The number of benzene rings is 2. The molecule has 0 saturated carbocycles. The van der Waals surface area contributed by atoms with Gasteiger partial charge in [-0.3, -0.25) is 20.2 Å². The first-order valence-electron chi connectivity index (χ1n) is 8.91. The zero-order chi connectivity index (χ0) is 22.0. The lowest BCUT2D eigenvalue weighted by Gasteiger charge is -2.01. The van der Waals surface area contributed by atoms with E-state index in [1.54, 1.807) is 24.3 Å². The Bertz CT molecular complexity index is 1380. The van der Waals surface area contributed by atoms with Crippen LogP contribution in [-0.4, -0.2) is 35.2 Å². The van der Waals surface area contributed by atoms with Crippen molar-refractivity contribution in [3.63, 3.8) is 0 Å². The first kappa shape index (κ1) is 20.6. The Hall–Kier alpha value is -3.64. The average molecular weight is 458 g/mol. The summed E-state index contributed by atoms with van der Waals surface area (Å²) in [5.41, 5.74) is -0.0655. The molecule has 0 atom stereocenters. The maximum absolute atomic E-state index is 12.5. The molecule has 4 rings (SSSR count). The normalized spacial score (nSPS) is 11.5. The number of nitrogens with one attached hydrogen (secondary N) is 1. The summed E-state index contributed by atoms with van der Waals surface area (Å²) < 4.78 is 30.7. The van der Waals surface area contributed by atoms with Crippen LogP contribution in [0.2, 0.25) is 0 Å². The van der Waals surface area contributed by atoms with Gasteiger partial charge in [0.2, 0.25) is 5.89 Å². The molecular formula is C19H14N4O6S2. The van der Waals surface area contributed by atoms with Crippen LogP contribution in [0.5, 0.6) is 0 Å². The summed E-state index contributed by atoms with van der Waals surface area (Å²) in [4.78, 5) is 23.3. The Morgan fingerprint density at radius 1 is 1.13 bits per heavy atom. The number of nitrogens with zero attached hydrogens (tertiary/aromatic N) is 3. The molecule has 10 nitrogen and oxygen atoms in total. The summed E-state index contributed by atoms with van der Waals surface area (Å²) in [5.74, 6) is -0.667. The zero-order valence-corrected chi connectivity index (χ0v) is 17.4. The molecule has 0 unspecified atom stereocenters. The average Bonchev–Trinajstić information content (AvgIpc) is 3.39. The van der Waals surface area contributed by atoms with Crippen molar-refractivity contribution in [1.29, 1.82) is 0 Å². The van der Waals surface area contributed by atoms with Crippen LogP contribution >= 0.6 is 11.3 Å². The summed E-state index contributed by atoms with van der Waals surface area (Å²) in [7, 11) is -3.50. The molecule has 0 aliphatic carbocycles. The van der Waals surface area contributed by atoms with Gasteiger partial charge in [-0.1, -0.05) is 23.3 Å². The van der Waals surface area contributed by atoms with Gasteiger partial charge < -0.3 is 4.42 Å². The molecule has 1 N–H and O–H groups in total. The van der Waals surface area contributed by atoms with E-state index in [0.29, 0.717) is 15.0 Å². The third kappa shape index (κ3) is 4.59. The fraction of sp³-hybridized carbons (Fsp3) is 0.105. The van der Waals surface area contributed by atoms with Gasteiger partial charge in [0, 0.05) is 28.6 Å². The number of hydrogen-bond donors (Lipinski definition) is 1. The van der Waals surface area contributed by atoms with E-state index in [0.717, 1.165) is 11.3 Å². The SMILES string of the molecule is O=C(Nc1nnc(CCS(=O)(=O)c2ccccc2)o1)c1cc2cc([N+](=O)[O-])ccc2s1. The number of fused-ring (bicyclic) bond motifs is 1. The standard InChI is InChI=1S/C19H14N4O6S2/c24-18(16-11-12-10-13(23(25)26)6-7-15(12)30-16)20-19-22-21-17(29-19)8-9-31(27,28)14-4-2-1-3-5-14/h1-7,10-11H,8-9H2,(H,20,22,24). The van der Waals surface area contributed by atoms with E-state index in [1.807, 2.05) is 0 Å². The van der Waals surface area contributed by atoms with Gasteiger partial charge in [-0.2, -0.15) is 0 Å². The van der Waals surface area contributed by atoms with E-state index in [2.05, 4.69) is 15.5 Å². The largest absolute Gasteiger partial charge is 0.408 e. The molecule has 0 aliphatic rings. The van der Waals surface area contributed by atoms with Gasteiger partial charge in [0.25, 0.3) is 11.6 Å². The topological polar surface area (TPSA) is 145 Å². The Morgan fingerprint density at radius 2 is 1.90 bits per heavy atom. The zero-order valence-electron chi connectivity index (χ0n) is 15.7. The fourth-order valence-corrected chi connectivity index (χ4v) is 4.98. The first-order valence-corrected chi connectivity index (χ1v) is 11.4. The molecule has 2 heterocycles. The van der Waals surface area contributed by atoms with Crippen LogP contribution in [0.4, 0.5) is 11.7 Å². The molecule has 0 aliphatic heterocycles. The summed E-state index contributed by atoms with van der Waals surface area (Å²) in [6.07, 6.45) is -0.00729. The van der Waals surface area contributed by atoms with Crippen LogP contribution in [0, 0.1) is 10.1 Å². The number of nitro benzene ring substituents is 1. The molecule has 1 amide bonds. The van der Waals surface area contributed by atoms with E-state index in [4.69, 9.17) is 4.42 Å². The Morgan fingerprint density at radius 3 is 2.65 bits per heavy atom. The van der Waals surface area contributed by atoms with Crippen LogP contribution in [-0.2, 0) is 16.3 Å². The Kier molecular flexibility index (Phi) is 5.48. The molecule has 31 heavy (non-hydrogen) atoms. The number of rotatable bonds is 7. The molecule has 4 aromatic rings. The predicted octanol–water partition coefficient (Wildman–Crippen LogP) is 3.46. The quantitative estimate of drug-likeness (QED) is 0.327. The maximum atomic E-state index is 12.5. The van der Waals surface area contributed by atoms with E-state index < -0.39 is 20.7 Å². The molecule has 2 aromatic heterocycles. The van der Waals surface area contributed by atoms with Crippen molar-refractivity contribution >= 4 is 48.9 Å². The first-order chi connectivity index (χ1) is 14.8. The number of sulfone groups is 1. The summed E-state index contributed by atoms with van der Waals surface area (Å²) >= 11 is 1.16. The van der Waals surface area contributed by atoms with E-state index in [-0.39, 0.29) is 34.7 Å². The number of amides is 1. The van der Waals surface area contributed by atoms with E-state index >= 15 is 0 Å². The summed E-state index contributed by atoms with van der Waals surface area (Å²) in [6, 6.07) is 13.7. The second-order valence-electron chi connectivity index (χ2n) is 6.43. The van der Waals surface area contributed by atoms with Gasteiger partial charge in [-0.25, -0.2) is 8.42 Å². The van der Waals surface area contributed by atoms with Crippen LogP contribution in [0.15, 0.2) is 63.9 Å². The molecule has 2 aromatic carbocycles. The second kappa shape index (κ2) is 8.24. The van der Waals surface area contributed by atoms with Gasteiger partial charge in [0.05, 0.1) is 20.4 Å². The minimum atomic E-state index is -3.50. The Labute approximate surface area is 179 Å². The van der Waals surface area contributed by atoms with E-state index in [9.17, 15) is 23.3 Å². The van der Waals surface area contributed by atoms with Gasteiger partial charge >= 0.3 is 6.01 Å². The van der Waals surface area contributed by atoms with Crippen molar-refractivity contribution in [3.05, 3.63) is 75.5 Å². The molecule has 12 heteroatoms. The summed E-state index contributed by atoms with van der Waals surface area (Å²) in [6.45, 7) is 0. The molecule has 0 spiro atoms. The lowest BCUT2D eigenvalue weighted by molar-refractivity contribution is -0.384. The number of aryl methyl sites for hydroxylation is 1. The van der Waals surface area contributed by atoms with Crippen molar-refractivity contribution in [2.24, 2.45) is 0 Å². The molecule has 158 valence electrons. The number of anilines is 1. The van der Waals surface area contributed by atoms with Crippen LogP contribution in [0.25, 0.3) is 10.1 Å². The van der Waals surface area contributed by atoms with E-state index in [1.165, 1.54) is 30.3 Å². The van der Waals surface area contributed by atoms with Crippen molar-refractivity contribution in [2.75, 3.05) is 11.1 Å². The number of nitro groups is 1. The van der Waals surface area contributed by atoms with Gasteiger partial charge in [0.15, 0.2) is 9.84 Å². The van der Waals surface area contributed by atoms with Crippen molar-refractivity contribution < 1.29 is 22.6 Å². The summed E-state index contributed by atoms with van der Waals surface area (Å²) in [5, 5.41) is 21.4. The highest BCUT2D eigenvalue weighted by Gasteiger charge is 2.18. The van der Waals surface area contributed by atoms with Crippen molar-refractivity contribution in [2.45, 2.75) is 11.3 Å². The van der Waals surface area contributed by atoms with Gasteiger partial charge in [-0.05, 0) is 24.3 Å². The third-order valence-corrected chi connectivity index (χ3v) is 7.16.